The first-order valence-corrected chi connectivity index (χ1v) is 11.2. The van der Waals surface area contributed by atoms with Gasteiger partial charge in [0.15, 0.2) is 11.6 Å². The van der Waals surface area contributed by atoms with Crippen LogP contribution in [-0.4, -0.2) is 44.8 Å². The van der Waals surface area contributed by atoms with Gasteiger partial charge in [-0.05, 0) is 37.1 Å². The molecule has 1 aliphatic carbocycles. The Hall–Kier alpha value is -4.12. The van der Waals surface area contributed by atoms with E-state index in [1.165, 1.54) is 42.2 Å². The van der Waals surface area contributed by atoms with Crippen molar-refractivity contribution in [2.75, 3.05) is 23.8 Å². The van der Waals surface area contributed by atoms with Gasteiger partial charge in [-0.2, -0.15) is 5.10 Å². The molecular formula is C24H23F2N7O2. The number of carbonyl (C=O) groups is 1. The summed E-state index contributed by atoms with van der Waals surface area (Å²) in [5, 5.41) is 13.9. The van der Waals surface area contributed by atoms with E-state index in [4.69, 9.17) is 4.74 Å². The molecule has 11 heteroatoms. The molecule has 0 atom stereocenters. The molecule has 1 amide bonds. The number of fused-ring (bicyclic) bond motifs is 1. The number of amides is 1. The van der Waals surface area contributed by atoms with Crippen molar-refractivity contribution in [2.45, 2.75) is 25.4 Å². The van der Waals surface area contributed by atoms with Crippen LogP contribution in [0.3, 0.4) is 0 Å². The molecule has 0 radical (unpaired) electrons. The Bertz CT molecular complexity index is 1360. The van der Waals surface area contributed by atoms with E-state index in [1.807, 2.05) is 18.2 Å². The normalized spacial score (nSPS) is 13.1. The van der Waals surface area contributed by atoms with Crippen molar-refractivity contribution < 1.29 is 18.3 Å². The van der Waals surface area contributed by atoms with Crippen molar-refractivity contribution in [1.82, 2.24) is 25.1 Å². The molecule has 2 aromatic carbocycles. The van der Waals surface area contributed by atoms with Crippen molar-refractivity contribution >= 4 is 34.0 Å². The molecule has 0 saturated heterocycles. The minimum atomic E-state index is -1.11. The number of rotatable bonds is 10. The molecule has 1 aliphatic rings. The number of anilines is 3. The number of halogens is 2. The molecule has 3 N–H and O–H groups in total. The fourth-order valence-electron chi connectivity index (χ4n) is 3.53. The number of hydrogen-bond donors (Lipinski definition) is 3. The van der Waals surface area contributed by atoms with Crippen molar-refractivity contribution in [3.05, 3.63) is 66.8 Å². The number of hydrogen-bond acceptors (Lipinski definition) is 7. The first-order chi connectivity index (χ1) is 17.0. The summed E-state index contributed by atoms with van der Waals surface area (Å²) in [4.78, 5) is 20.9. The van der Waals surface area contributed by atoms with Crippen LogP contribution in [0.25, 0.3) is 10.9 Å². The summed E-state index contributed by atoms with van der Waals surface area (Å²) >= 11 is 0. The summed E-state index contributed by atoms with van der Waals surface area (Å²) in [6.45, 7) is 1.20. The predicted octanol–water partition coefficient (Wildman–Crippen LogP) is 3.62. The Kier molecular flexibility index (Phi) is 6.49. The van der Waals surface area contributed by atoms with E-state index in [2.05, 4.69) is 31.0 Å². The maximum atomic E-state index is 13.8. The lowest BCUT2D eigenvalue weighted by Gasteiger charge is -2.10. The van der Waals surface area contributed by atoms with Gasteiger partial charge in [0.25, 0.3) is 0 Å². The molecule has 0 spiro atoms. The van der Waals surface area contributed by atoms with Crippen LogP contribution < -0.4 is 20.7 Å². The Morgan fingerprint density at radius 2 is 2.06 bits per heavy atom. The first kappa shape index (κ1) is 22.7. The highest BCUT2D eigenvalue weighted by molar-refractivity contribution is 5.92. The number of carbonyl (C=O) groups excluding carboxylic acids is 1. The third kappa shape index (κ3) is 5.69. The minimum Gasteiger partial charge on any atom is -0.492 e. The van der Waals surface area contributed by atoms with Crippen LogP contribution in [0.4, 0.5) is 26.0 Å². The first-order valence-electron chi connectivity index (χ1n) is 11.2. The van der Waals surface area contributed by atoms with Gasteiger partial charge in [0.05, 0.1) is 23.1 Å². The number of nitrogens with zero attached hydrogens (tertiary/aromatic N) is 4. The lowest BCUT2D eigenvalue weighted by atomic mass is 10.2. The molecule has 1 saturated carbocycles. The number of nitrogens with one attached hydrogen (secondary N) is 3. The minimum absolute atomic E-state index is 0.182. The summed E-state index contributed by atoms with van der Waals surface area (Å²) in [5.41, 5.74) is 1.09. The highest BCUT2D eigenvalue weighted by Crippen LogP contribution is 2.26. The number of benzene rings is 2. The Labute approximate surface area is 199 Å². The van der Waals surface area contributed by atoms with E-state index < -0.39 is 17.5 Å². The molecular weight excluding hydrogens is 456 g/mol. The molecule has 9 nitrogen and oxygen atoms in total. The highest BCUT2D eigenvalue weighted by Gasteiger charge is 2.19. The predicted molar refractivity (Wildman–Crippen MR) is 127 cm³/mol. The third-order valence-electron chi connectivity index (χ3n) is 5.42. The van der Waals surface area contributed by atoms with Gasteiger partial charge in [-0.15, -0.1) is 0 Å². The summed E-state index contributed by atoms with van der Waals surface area (Å²) < 4.78 is 34.3. The summed E-state index contributed by atoms with van der Waals surface area (Å²) in [6.07, 6.45) is 7.08. The molecule has 5 rings (SSSR count). The fraction of sp³-hybridized carbons (Fsp3) is 0.250. The SMILES string of the molecule is O=C(Cn1cc(Nc2ncnc3cc(OCCNC4CC4)ccc23)cn1)Nc1cccc(F)c1F. The zero-order chi connectivity index (χ0) is 24.2. The van der Waals surface area contributed by atoms with E-state index in [-0.39, 0.29) is 12.2 Å². The van der Waals surface area contributed by atoms with Crippen LogP contribution in [-0.2, 0) is 11.3 Å². The van der Waals surface area contributed by atoms with Gasteiger partial charge >= 0.3 is 0 Å². The lowest BCUT2D eigenvalue weighted by Crippen LogP contribution is -2.22. The molecule has 1 fully saturated rings. The van der Waals surface area contributed by atoms with Gasteiger partial charge in [-0.3, -0.25) is 9.48 Å². The highest BCUT2D eigenvalue weighted by atomic mass is 19.2. The van der Waals surface area contributed by atoms with Gasteiger partial charge in [0.2, 0.25) is 5.91 Å². The van der Waals surface area contributed by atoms with Crippen LogP contribution >= 0.6 is 0 Å². The third-order valence-corrected chi connectivity index (χ3v) is 5.42. The van der Waals surface area contributed by atoms with E-state index in [0.29, 0.717) is 24.2 Å². The van der Waals surface area contributed by atoms with Gasteiger partial charge in [0, 0.05) is 30.2 Å². The Balaban J connectivity index is 1.21. The maximum absolute atomic E-state index is 13.8. The molecule has 4 aromatic rings. The average Bonchev–Trinajstić information content (AvgIpc) is 3.58. The van der Waals surface area contributed by atoms with Gasteiger partial charge in [-0.1, -0.05) is 6.07 Å². The summed E-state index contributed by atoms with van der Waals surface area (Å²) in [6, 6.07) is 9.84. The molecule has 2 aromatic heterocycles. The second kappa shape index (κ2) is 10.0. The fourth-order valence-corrected chi connectivity index (χ4v) is 3.53. The van der Waals surface area contributed by atoms with Crippen molar-refractivity contribution in [2.24, 2.45) is 0 Å². The quantitative estimate of drug-likeness (QED) is 0.298. The van der Waals surface area contributed by atoms with E-state index in [0.717, 1.165) is 29.3 Å². The standard InChI is InChI=1S/C24H23F2N7O2/c25-19-2-1-3-20(23(19)26)32-22(34)13-33-12-16(11-30-33)31-24-18-7-6-17(10-21(18)28-14-29-24)35-9-8-27-15-4-5-15/h1-3,6-7,10-12,14-15,27H,4-5,8-9,13H2,(H,32,34)(H,28,29,31). The molecule has 2 heterocycles. The number of aromatic nitrogens is 4. The van der Waals surface area contributed by atoms with E-state index >= 15 is 0 Å². The van der Waals surface area contributed by atoms with Crippen LogP contribution in [0.2, 0.25) is 0 Å². The van der Waals surface area contributed by atoms with Crippen molar-refractivity contribution in [3.8, 4) is 5.75 Å². The lowest BCUT2D eigenvalue weighted by molar-refractivity contribution is -0.116. The molecule has 35 heavy (non-hydrogen) atoms. The van der Waals surface area contributed by atoms with Crippen LogP contribution in [0.1, 0.15) is 12.8 Å². The van der Waals surface area contributed by atoms with Crippen LogP contribution in [0.15, 0.2) is 55.1 Å². The largest absolute Gasteiger partial charge is 0.492 e. The van der Waals surface area contributed by atoms with Crippen LogP contribution in [0.5, 0.6) is 5.75 Å². The Morgan fingerprint density at radius 1 is 1.17 bits per heavy atom. The van der Waals surface area contributed by atoms with Crippen LogP contribution in [0, 0.1) is 11.6 Å². The number of ether oxygens (including phenoxy) is 1. The monoisotopic (exact) mass is 479 g/mol. The summed E-state index contributed by atoms with van der Waals surface area (Å²) in [7, 11) is 0. The molecule has 0 aliphatic heterocycles. The molecule has 0 unspecified atom stereocenters. The second-order valence-electron chi connectivity index (χ2n) is 8.18. The zero-order valence-corrected chi connectivity index (χ0v) is 18.7. The smallest absolute Gasteiger partial charge is 0.246 e. The maximum Gasteiger partial charge on any atom is 0.246 e. The second-order valence-corrected chi connectivity index (χ2v) is 8.18. The molecule has 180 valence electrons. The zero-order valence-electron chi connectivity index (χ0n) is 18.7. The van der Waals surface area contributed by atoms with E-state index in [9.17, 15) is 13.6 Å². The Morgan fingerprint density at radius 3 is 2.91 bits per heavy atom. The molecule has 0 bridgehead atoms. The average molecular weight is 479 g/mol. The van der Waals surface area contributed by atoms with Gasteiger partial charge in [0.1, 0.15) is 31.0 Å². The summed E-state index contributed by atoms with van der Waals surface area (Å²) in [5.74, 6) is -1.38. The van der Waals surface area contributed by atoms with Crippen molar-refractivity contribution in [3.63, 3.8) is 0 Å². The van der Waals surface area contributed by atoms with Crippen molar-refractivity contribution in [1.29, 1.82) is 0 Å². The van der Waals surface area contributed by atoms with Gasteiger partial charge in [-0.25, -0.2) is 18.7 Å². The van der Waals surface area contributed by atoms with Gasteiger partial charge < -0.3 is 20.7 Å². The van der Waals surface area contributed by atoms with E-state index in [1.54, 1.807) is 6.20 Å². The topological polar surface area (TPSA) is 106 Å².